The van der Waals surface area contributed by atoms with Crippen LogP contribution in [0.25, 0.3) is 11.0 Å². The first-order valence-corrected chi connectivity index (χ1v) is 11.8. The molecule has 8 heteroatoms. The number of nitrogens with zero attached hydrogens (tertiary/aromatic N) is 1. The minimum Gasteiger partial charge on any atom is -0.503 e. The fourth-order valence-corrected chi connectivity index (χ4v) is 4.51. The fourth-order valence-electron chi connectivity index (χ4n) is 4.13. The van der Waals surface area contributed by atoms with E-state index in [1.807, 2.05) is 38.1 Å². The molecule has 178 valence electrons. The van der Waals surface area contributed by atoms with Gasteiger partial charge in [-0.15, -0.1) is 0 Å². The van der Waals surface area contributed by atoms with Crippen LogP contribution in [0.2, 0.25) is 0 Å². The first kappa shape index (κ1) is 24.0. The number of amides is 1. The van der Waals surface area contributed by atoms with Crippen molar-refractivity contribution in [3.63, 3.8) is 0 Å². The van der Waals surface area contributed by atoms with E-state index in [1.54, 1.807) is 31.4 Å². The van der Waals surface area contributed by atoms with E-state index in [0.717, 1.165) is 9.86 Å². The van der Waals surface area contributed by atoms with E-state index in [9.17, 15) is 14.7 Å². The summed E-state index contributed by atoms with van der Waals surface area (Å²) >= 11 is 3.41. The number of fused-ring (bicyclic) bond motifs is 1. The van der Waals surface area contributed by atoms with Crippen molar-refractivity contribution in [3.8, 4) is 5.75 Å². The molecule has 7 nitrogen and oxygen atoms in total. The van der Waals surface area contributed by atoms with Crippen LogP contribution in [0.1, 0.15) is 42.4 Å². The second-order valence-corrected chi connectivity index (χ2v) is 9.29. The van der Waals surface area contributed by atoms with Crippen molar-refractivity contribution in [2.24, 2.45) is 0 Å². The van der Waals surface area contributed by atoms with Gasteiger partial charge < -0.3 is 23.9 Å². The van der Waals surface area contributed by atoms with Gasteiger partial charge in [-0.2, -0.15) is 0 Å². The Bertz CT molecular complexity index is 1260. The Morgan fingerprint density at radius 2 is 2.00 bits per heavy atom. The molecule has 1 unspecified atom stereocenters. The fraction of sp³-hybridized carbons (Fsp3) is 0.308. The molecule has 0 radical (unpaired) electrons. The zero-order valence-electron chi connectivity index (χ0n) is 19.2. The Kier molecular flexibility index (Phi) is 7.09. The molecule has 34 heavy (non-hydrogen) atoms. The smallest absolute Gasteiger partial charge is 0.290 e. The monoisotopic (exact) mass is 527 g/mol. The summed E-state index contributed by atoms with van der Waals surface area (Å²) in [7, 11) is 1.58. The predicted molar refractivity (Wildman–Crippen MR) is 131 cm³/mol. The summed E-state index contributed by atoms with van der Waals surface area (Å²) in [6, 6.07) is 13.5. The van der Waals surface area contributed by atoms with Crippen molar-refractivity contribution in [2.75, 3.05) is 20.3 Å². The SMILES string of the molecule is COCCCN1C(=O)C(O)=C(C(=O)c2cc3cc(Br)ccc3o2)C1c1cccc(OC(C)C)c1. The lowest BCUT2D eigenvalue weighted by atomic mass is 9.94. The van der Waals surface area contributed by atoms with Gasteiger partial charge >= 0.3 is 0 Å². The molecule has 4 rings (SSSR count). The van der Waals surface area contributed by atoms with Crippen molar-refractivity contribution in [1.82, 2.24) is 4.90 Å². The van der Waals surface area contributed by atoms with E-state index in [4.69, 9.17) is 13.9 Å². The molecule has 2 aromatic carbocycles. The summed E-state index contributed by atoms with van der Waals surface area (Å²) in [5.74, 6) is -1.03. The van der Waals surface area contributed by atoms with Gasteiger partial charge in [0.15, 0.2) is 11.5 Å². The lowest BCUT2D eigenvalue weighted by Gasteiger charge is -2.27. The van der Waals surface area contributed by atoms with E-state index in [0.29, 0.717) is 36.5 Å². The van der Waals surface area contributed by atoms with E-state index >= 15 is 0 Å². The zero-order chi connectivity index (χ0) is 24.4. The number of rotatable bonds is 9. The van der Waals surface area contributed by atoms with Crippen LogP contribution in [0, 0.1) is 0 Å². The Morgan fingerprint density at radius 3 is 2.74 bits per heavy atom. The quantitative estimate of drug-likeness (QED) is 0.288. The summed E-state index contributed by atoms with van der Waals surface area (Å²) < 4.78 is 17.6. The van der Waals surface area contributed by atoms with Crippen LogP contribution in [0.5, 0.6) is 5.75 Å². The number of hydrogen-bond acceptors (Lipinski definition) is 6. The van der Waals surface area contributed by atoms with Crippen LogP contribution < -0.4 is 4.74 Å². The van der Waals surface area contributed by atoms with Gasteiger partial charge in [-0.05, 0) is 62.2 Å². The maximum atomic E-state index is 13.6. The Morgan fingerprint density at radius 1 is 1.21 bits per heavy atom. The number of methoxy groups -OCH3 is 1. The molecule has 1 aliphatic rings. The highest BCUT2D eigenvalue weighted by Gasteiger charge is 2.44. The number of carbonyl (C=O) groups is 2. The number of carbonyl (C=O) groups excluding carboxylic acids is 2. The van der Waals surface area contributed by atoms with Crippen molar-refractivity contribution in [3.05, 3.63) is 75.7 Å². The normalized spacial score (nSPS) is 16.2. The Balaban J connectivity index is 1.77. The first-order chi connectivity index (χ1) is 16.3. The molecule has 1 aromatic heterocycles. The average molecular weight is 528 g/mol. The molecule has 0 saturated carbocycles. The van der Waals surface area contributed by atoms with Gasteiger partial charge in [-0.3, -0.25) is 9.59 Å². The third kappa shape index (κ3) is 4.74. The average Bonchev–Trinajstić information content (AvgIpc) is 3.32. The van der Waals surface area contributed by atoms with Crippen LogP contribution in [-0.2, 0) is 9.53 Å². The van der Waals surface area contributed by atoms with Gasteiger partial charge in [0.2, 0.25) is 5.78 Å². The van der Waals surface area contributed by atoms with Crippen LogP contribution in [0.3, 0.4) is 0 Å². The van der Waals surface area contributed by atoms with Gasteiger partial charge in [0.1, 0.15) is 11.3 Å². The number of benzene rings is 2. The summed E-state index contributed by atoms with van der Waals surface area (Å²) in [4.78, 5) is 28.2. The summed E-state index contributed by atoms with van der Waals surface area (Å²) in [5, 5.41) is 11.6. The molecular weight excluding hydrogens is 502 g/mol. The highest BCUT2D eigenvalue weighted by atomic mass is 79.9. The maximum absolute atomic E-state index is 13.6. The van der Waals surface area contributed by atoms with E-state index in [-0.39, 0.29) is 17.4 Å². The van der Waals surface area contributed by atoms with E-state index in [2.05, 4.69) is 15.9 Å². The van der Waals surface area contributed by atoms with Crippen LogP contribution >= 0.6 is 15.9 Å². The topological polar surface area (TPSA) is 89.2 Å². The number of halogens is 1. The summed E-state index contributed by atoms with van der Waals surface area (Å²) in [6.07, 6.45) is 0.507. The Labute approximate surface area is 206 Å². The molecule has 0 aliphatic carbocycles. The standard InChI is InChI=1S/C26H26BrNO6/c1-15(2)33-19-7-4-6-16(13-19)23-22(25(30)26(31)28(23)10-5-11-32-3)24(29)21-14-17-12-18(27)8-9-20(17)34-21/h4,6-9,12-15,23,30H,5,10-11H2,1-3H3. The number of ketones is 1. The third-order valence-electron chi connectivity index (χ3n) is 5.54. The third-order valence-corrected chi connectivity index (χ3v) is 6.04. The minimum absolute atomic E-state index is 0.0118. The van der Waals surface area contributed by atoms with Gasteiger partial charge in [-0.1, -0.05) is 28.1 Å². The first-order valence-electron chi connectivity index (χ1n) is 11.0. The second kappa shape index (κ2) is 10.0. The molecule has 0 bridgehead atoms. The number of furan rings is 1. The number of hydrogen-bond donors (Lipinski definition) is 1. The van der Waals surface area contributed by atoms with Crippen molar-refractivity contribution < 1.29 is 28.6 Å². The number of ether oxygens (including phenoxy) is 2. The lowest BCUT2D eigenvalue weighted by Crippen LogP contribution is -2.32. The molecule has 1 atom stereocenters. The van der Waals surface area contributed by atoms with Crippen LogP contribution in [0.4, 0.5) is 0 Å². The number of aliphatic hydroxyl groups excluding tert-OH is 1. The van der Waals surface area contributed by atoms with Gasteiger partial charge in [0, 0.05) is 30.1 Å². The van der Waals surface area contributed by atoms with Gasteiger partial charge in [0.25, 0.3) is 5.91 Å². The second-order valence-electron chi connectivity index (χ2n) is 8.37. The minimum atomic E-state index is -0.785. The predicted octanol–water partition coefficient (Wildman–Crippen LogP) is 5.60. The van der Waals surface area contributed by atoms with E-state index in [1.165, 1.54) is 4.90 Å². The number of Topliss-reactive ketones (excluding diaryl/α,β-unsaturated/α-hetero) is 1. The highest BCUT2D eigenvalue weighted by Crippen LogP contribution is 2.40. The molecule has 3 aromatic rings. The molecule has 0 spiro atoms. The summed E-state index contributed by atoms with van der Waals surface area (Å²) in [5.41, 5.74) is 1.19. The molecule has 0 saturated heterocycles. The highest BCUT2D eigenvalue weighted by molar-refractivity contribution is 9.10. The lowest BCUT2D eigenvalue weighted by molar-refractivity contribution is -0.129. The molecule has 1 amide bonds. The Hall–Kier alpha value is -3.10. The summed E-state index contributed by atoms with van der Waals surface area (Å²) in [6.45, 7) is 4.59. The van der Waals surface area contributed by atoms with Crippen LogP contribution in [0.15, 0.2) is 68.8 Å². The molecule has 1 aliphatic heterocycles. The van der Waals surface area contributed by atoms with Crippen molar-refractivity contribution in [2.45, 2.75) is 32.4 Å². The van der Waals surface area contributed by atoms with Gasteiger partial charge in [-0.25, -0.2) is 0 Å². The van der Waals surface area contributed by atoms with E-state index < -0.39 is 23.5 Å². The number of aliphatic hydroxyl groups is 1. The molecule has 1 N–H and O–H groups in total. The largest absolute Gasteiger partial charge is 0.503 e. The van der Waals surface area contributed by atoms with Crippen molar-refractivity contribution in [1.29, 1.82) is 0 Å². The molecular formula is C26H26BrNO6. The zero-order valence-corrected chi connectivity index (χ0v) is 20.8. The maximum Gasteiger partial charge on any atom is 0.290 e. The van der Waals surface area contributed by atoms with Crippen molar-refractivity contribution >= 4 is 38.6 Å². The van der Waals surface area contributed by atoms with Crippen LogP contribution in [-0.4, -0.2) is 48.1 Å². The molecule has 2 heterocycles. The van der Waals surface area contributed by atoms with Gasteiger partial charge in [0.05, 0.1) is 17.7 Å². The molecule has 0 fully saturated rings.